The van der Waals surface area contributed by atoms with E-state index in [0.29, 0.717) is 6.54 Å². The van der Waals surface area contributed by atoms with E-state index < -0.39 is 12.0 Å². The van der Waals surface area contributed by atoms with E-state index >= 15 is 0 Å². The number of rotatable bonds is 3. The molecule has 0 atom stereocenters. The van der Waals surface area contributed by atoms with Gasteiger partial charge in [0.1, 0.15) is 11.0 Å². The zero-order valence-electron chi connectivity index (χ0n) is 8.85. The molecule has 0 unspecified atom stereocenters. The van der Waals surface area contributed by atoms with E-state index in [4.69, 9.17) is 11.6 Å². The molecule has 16 heavy (non-hydrogen) atoms. The average molecular weight is 254 g/mol. The molecule has 1 aromatic rings. The molecule has 7 heteroatoms. The summed E-state index contributed by atoms with van der Waals surface area (Å²) in [6, 6.07) is 1.31. The summed E-state index contributed by atoms with van der Waals surface area (Å²) in [4.78, 5) is 8.18. The molecular weight excluding hydrogens is 243 g/mol. The molecule has 1 heterocycles. The van der Waals surface area contributed by atoms with Crippen LogP contribution >= 0.6 is 11.6 Å². The minimum Gasteiger partial charge on any atom is -0.360 e. The summed E-state index contributed by atoms with van der Waals surface area (Å²) in [7, 11) is 1.66. The van der Waals surface area contributed by atoms with Crippen LogP contribution in [0.4, 0.5) is 19.0 Å². The normalized spacial score (nSPS) is 11.6. The maximum Gasteiger partial charge on any atom is 0.451 e. The number of hydrogen-bond donors (Lipinski definition) is 0. The standard InChI is InChI=1S/C9H11ClF3N3/c1-3-4-16(2)7-5-6(10)14-8(15-7)9(11,12)13/h5H,3-4H2,1-2H3. The lowest BCUT2D eigenvalue weighted by molar-refractivity contribution is -0.144. The Kier molecular flexibility index (Phi) is 3.96. The highest BCUT2D eigenvalue weighted by Gasteiger charge is 2.35. The Hall–Kier alpha value is -1.04. The maximum absolute atomic E-state index is 12.4. The van der Waals surface area contributed by atoms with E-state index in [0.717, 1.165) is 6.42 Å². The highest BCUT2D eigenvalue weighted by molar-refractivity contribution is 6.29. The summed E-state index contributed by atoms with van der Waals surface area (Å²) in [5.74, 6) is -1.04. The smallest absolute Gasteiger partial charge is 0.360 e. The van der Waals surface area contributed by atoms with Gasteiger partial charge in [-0.1, -0.05) is 18.5 Å². The molecular formula is C9H11ClF3N3. The van der Waals surface area contributed by atoms with Gasteiger partial charge in [0.25, 0.3) is 0 Å². The Morgan fingerprint density at radius 1 is 1.38 bits per heavy atom. The Balaban J connectivity index is 3.08. The van der Waals surface area contributed by atoms with Crippen molar-refractivity contribution in [1.29, 1.82) is 0 Å². The van der Waals surface area contributed by atoms with Crippen molar-refractivity contribution in [3.05, 3.63) is 17.0 Å². The lowest BCUT2D eigenvalue weighted by atomic mass is 10.4. The number of alkyl halides is 3. The zero-order chi connectivity index (χ0) is 12.3. The maximum atomic E-state index is 12.4. The first kappa shape index (κ1) is 13.0. The number of aromatic nitrogens is 2. The van der Waals surface area contributed by atoms with Crippen LogP contribution in [0, 0.1) is 0 Å². The van der Waals surface area contributed by atoms with Crippen molar-refractivity contribution < 1.29 is 13.2 Å². The topological polar surface area (TPSA) is 29.0 Å². The van der Waals surface area contributed by atoms with E-state index in [-0.39, 0.29) is 11.0 Å². The summed E-state index contributed by atoms with van der Waals surface area (Å²) in [5.41, 5.74) is 0. The second kappa shape index (κ2) is 4.86. The quantitative estimate of drug-likeness (QED) is 0.776. The lowest BCUT2D eigenvalue weighted by Crippen LogP contribution is -2.21. The highest BCUT2D eigenvalue weighted by atomic mass is 35.5. The lowest BCUT2D eigenvalue weighted by Gasteiger charge is -2.18. The van der Waals surface area contributed by atoms with Gasteiger partial charge in [-0.2, -0.15) is 13.2 Å². The molecule has 1 rings (SSSR count). The molecule has 0 fully saturated rings. The predicted molar refractivity (Wildman–Crippen MR) is 55.6 cm³/mol. The third kappa shape index (κ3) is 3.23. The van der Waals surface area contributed by atoms with Crippen molar-refractivity contribution in [2.45, 2.75) is 19.5 Å². The largest absolute Gasteiger partial charge is 0.451 e. The van der Waals surface area contributed by atoms with Crippen LogP contribution in [-0.4, -0.2) is 23.6 Å². The van der Waals surface area contributed by atoms with E-state index in [1.165, 1.54) is 6.07 Å². The van der Waals surface area contributed by atoms with Crippen LogP contribution in [0.5, 0.6) is 0 Å². The first-order valence-electron chi connectivity index (χ1n) is 4.67. The van der Waals surface area contributed by atoms with E-state index in [1.807, 2.05) is 6.92 Å². The van der Waals surface area contributed by atoms with E-state index in [9.17, 15) is 13.2 Å². The van der Waals surface area contributed by atoms with Gasteiger partial charge in [0, 0.05) is 19.7 Å². The summed E-state index contributed by atoms with van der Waals surface area (Å²) in [6.07, 6.45) is -3.77. The molecule has 0 bridgehead atoms. The van der Waals surface area contributed by atoms with Gasteiger partial charge in [-0.25, -0.2) is 9.97 Å². The molecule has 0 saturated carbocycles. The molecule has 90 valence electrons. The second-order valence-corrected chi connectivity index (χ2v) is 3.68. The van der Waals surface area contributed by atoms with Gasteiger partial charge in [0.15, 0.2) is 0 Å². The SMILES string of the molecule is CCCN(C)c1cc(Cl)nc(C(F)(F)F)n1. The van der Waals surface area contributed by atoms with Gasteiger partial charge in [-0.3, -0.25) is 0 Å². The van der Waals surface area contributed by atoms with Crippen LogP contribution in [0.25, 0.3) is 0 Å². The first-order valence-corrected chi connectivity index (χ1v) is 5.05. The summed E-state index contributed by atoms with van der Waals surface area (Å²) in [6.45, 7) is 2.52. The average Bonchev–Trinajstić information content (AvgIpc) is 2.16. The summed E-state index contributed by atoms with van der Waals surface area (Å²) >= 11 is 5.52. The van der Waals surface area contributed by atoms with Gasteiger partial charge in [0.05, 0.1) is 0 Å². The van der Waals surface area contributed by atoms with Crippen LogP contribution < -0.4 is 4.90 Å². The second-order valence-electron chi connectivity index (χ2n) is 3.29. The summed E-state index contributed by atoms with van der Waals surface area (Å²) in [5, 5.41) is -0.208. The monoisotopic (exact) mass is 253 g/mol. The first-order chi connectivity index (χ1) is 7.34. The van der Waals surface area contributed by atoms with Crippen LogP contribution in [-0.2, 0) is 6.18 Å². The molecule has 0 aliphatic rings. The third-order valence-electron chi connectivity index (χ3n) is 1.89. The van der Waals surface area contributed by atoms with E-state index in [1.54, 1.807) is 11.9 Å². The zero-order valence-corrected chi connectivity index (χ0v) is 9.60. The minimum atomic E-state index is -4.58. The van der Waals surface area contributed by atoms with Crippen LogP contribution in [0.2, 0.25) is 5.15 Å². The fraction of sp³-hybridized carbons (Fsp3) is 0.556. The Morgan fingerprint density at radius 3 is 2.50 bits per heavy atom. The van der Waals surface area contributed by atoms with Crippen molar-refractivity contribution >= 4 is 17.4 Å². The molecule has 0 spiro atoms. The fourth-order valence-electron chi connectivity index (χ4n) is 1.18. The minimum absolute atomic E-state index is 0.175. The molecule has 1 aromatic heterocycles. The van der Waals surface area contributed by atoms with Gasteiger partial charge in [-0.05, 0) is 6.42 Å². The molecule has 0 amide bonds. The Labute approximate surface area is 96.3 Å². The third-order valence-corrected chi connectivity index (χ3v) is 2.08. The molecule has 0 N–H and O–H groups in total. The van der Waals surface area contributed by atoms with Gasteiger partial charge >= 0.3 is 6.18 Å². The van der Waals surface area contributed by atoms with Crippen molar-refractivity contribution in [1.82, 2.24) is 9.97 Å². The predicted octanol–water partition coefficient (Wildman–Crippen LogP) is 3.00. The Morgan fingerprint density at radius 2 is 2.00 bits per heavy atom. The molecule has 0 aliphatic carbocycles. The number of halogens is 4. The van der Waals surface area contributed by atoms with Crippen molar-refractivity contribution in [2.75, 3.05) is 18.5 Å². The number of hydrogen-bond acceptors (Lipinski definition) is 3. The van der Waals surface area contributed by atoms with Gasteiger partial charge < -0.3 is 4.90 Å². The fourth-order valence-corrected chi connectivity index (χ4v) is 1.36. The number of anilines is 1. The number of nitrogens with zero attached hydrogens (tertiary/aromatic N) is 3. The van der Waals surface area contributed by atoms with Crippen LogP contribution in [0.15, 0.2) is 6.07 Å². The van der Waals surface area contributed by atoms with Crippen molar-refractivity contribution in [2.24, 2.45) is 0 Å². The van der Waals surface area contributed by atoms with Gasteiger partial charge in [0.2, 0.25) is 5.82 Å². The molecule has 0 aromatic carbocycles. The van der Waals surface area contributed by atoms with Crippen LogP contribution in [0.1, 0.15) is 19.2 Å². The Bertz CT molecular complexity index is 368. The van der Waals surface area contributed by atoms with Crippen LogP contribution in [0.3, 0.4) is 0 Å². The molecule has 0 aliphatic heterocycles. The molecule has 3 nitrogen and oxygen atoms in total. The van der Waals surface area contributed by atoms with Crippen molar-refractivity contribution in [3.8, 4) is 0 Å². The molecule has 0 saturated heterocycles. The van der Waals surface area contributed by atoms with Crippen molar-refractivity contribution in [3.63, 3.8) is 0 Å². The highest BCUT2D eigenvalue weighted by Crippen LogP contribution is 2.28. The summed E-state index contributed by atoms with van der Waals surface area (Å²) < 4.78 is 37.2. The van der Waals surface area contributed by atoms with E-state index in [2.05, 4.69) is 9.97 Å². The van der Waals surface area contributed by atoms with Gasteiger partial charge in [-0.15, -0.1) is 0 Å². The molecule has 0 radical (unpaired) electrons.